The lowest BCUT2D eigenvalue weighted by molar-refractivity contribution is 0.365. The summed E-state index contributed by atoms with van der Waals surface area (Å²) in [5.41, 5.74) is 2.58. The highest BCUT2D eigenvalue weighted by Gasteiger charge is 2.06. The first-order valence-corrected chi connectivity index (χ1v) is 5.15. The van der Waals surface area contributed by atoms with Gasteiger partial charge in [-0.1, -0.05) is 24.3 Å². The summed E-state index contributed by atoms with van der Waals surface area (Å²) in [5, 5.41) is 2.44. The molecule has 0 heterocycles. The van der Waals surface area contributed by atoms with Crippen LogP contribution in [0.1, 0.15) is 11.1 Å². The van der Waals surface area contributed by atoms with Gasteiger partial charge in [0.1, 0.15) is 5.75 Å². The molecule has 1 radical (unpaired) electrons. The fourth-order valence-electron chi connectivity index (χ4n) is 1.85. The molecule has 15 heavy (non-hydrogen) atoms. The van der Waals surface area contributed by atoms with E-state index in [0.29, 0.717) is 6.61 Å². The van der Waals surface area contributed by atoms with Crippen LogP contribution in [0.4, 0.5) is 0 Å². The van der Waals surface area contributed by atoms with Crippen LogP contribution in [0.5, 0.6) is 5.75 Å². The van der Waals surface area contributed by atoms with E-state index < -0.39 is 0 Å². The summed E-state index contributed by atoms with van der Waals surface area (Å²) in [6.45, 7) is 8.44. The maximum Gasteiger partial charge on any atom is 0.127 e. The Morgan fingerprint density at radius 3 is 2.47 bits per heavy atom. The summed E-state index contributed by atoms with van der Waals surface area (Å²) in [6, 6.07) is 10.4. The van der Waals surface area contributed by atoms with Gasteiger partial charge in [0, 0.05) is 5.39 Å². The van der Waals surface area contributed by atoms with E-state index in [2.05, 4.69) is 45.0 Å². The highest BCUT2D eigenvalue weighted by Crippen LogP contribution is 2.30. The van der Waals surface area contributed by atoms with Crippen LogP contribution in [0.15, 0.2) is 30.3 Å². The molecular weight excluding hydrogens is 184 g/mol. The van der Waals surface area contributed by atoms with Crippen LogP contribution >= 0.6 is 0 Å². The van der Waals surface area contributed by atoms with Gasteiger partial charge in [0.15, 0.2) is 0 Å². The summed E-state index contributed by atoms with van der Waals surface area (Å²) < 4.78 is 5.54. The summed E-state index contributed by atoms with van der Waals surface area (Å²) in [5.74, 6) is 0.934. The minimum atomic E-state index is 0.465. The van der Waals surface area contributed by atoms with E-state index in [-0.39, 0.29) is 0 Å². The average molecular weight is 199 g/mol. The molecule has 0 fully saturated rings. The Labute approximate surface area is 90.7 Å². The highest BCUT2D eigenvalue weighted by atomic mass is 16.5. The maximum atomic E-state index is 5.54. The quantitative estimate of drug-likeness (QED) is 0.717. The zero-order valence-electron chi connectivity index (χ0n) is 9.21. The van der Waals surface area contributed by atoms with Crippen molar-refractivity contribution in [3.63, 3.8) is 0 Å². The Kier molecular flexibility index (Phi) is 2.63. The smallest absolute Gasteiger partial charge is 0.127 e. The van der Waals surface area contributed by atoms with Crippen molar-refractivity contribution in [3.05, 3.63) is 48.4 Å². The fraction of sp³-hybridized carbons (Fsp3) is 0.214. The minimum Gasteiger partial charge on any atom is -0.493 e. The summed E-state index contributed by atoms with van der Waals surface area (Å²) in [6.07, 6.45) is 0. The van der Waals surface area contributed by atoms with Gasteiger partial charge in [-0.3, -0.25) is 0 Å². The van der Waals surface area contributed by atoms with Gasteiger partial charge in [-0.05, 0) is 43.4 Å². The van der Waals surface area contributed by atoms with Crippen LogP contribution < -0.4 is 4.74 Å². The van der Waals surface area contributed by atoms with Gasteiger partial charge in [-0.2, -0.15) is 0 Å². The van der Waals surface area contributed by atoms with Gasteiger partial charge in [0.05, 0.1) is 6.61 Å². The van der Waals surface area contributed by atoms with Crippen molar-refractivity contribution in [3.8, 4) is 5.75 Å². The number of hydrogen-bond acceptors (Lipinski definition) is 1. The van der Waals surface area contributed by atoms with Crippen LogP contribution in [0.3, 0.4) is 0 Å². The number of ether oxygens (including phenoxy) is 1. The summed E-state index contributed by atoms with van der Waals surface area (Å²) >= 11 is 0. The maximum absolute atomic E-state index is 5.54. The third-order valence-corrected chi connectivity index (χ3v) is 2.79. The largest absolute Gasteiger partial charge is 0.493 e. The molecule has 2 rings (SSSR count). The molecule has 0 saturated heterocycles. The van der Waals surface area contributed by atoms with E-state index in [1.807, 2.05) is 6.07 Å². The number of benzene rings is 2. The van der Waals surface area contributed by atoms with E-state index in [1.165, 1.54) is 21.9 Å². The molecule has 0 aliphatic heterocycles. The normalized spacial score (nSPS) is 10.6. The van der Waals surface area contributed by atoms with Gasteiger partial charge in [0.2, 0.25) is 0 Å². The van der Waals surface area contributed by atoms with Gasteiger partial charge in [0.25, 0.3) is 0 Å². The molecule has 0 aliphatic rings. The molecule has 0 amide bonds. The molecule has 0 spiro atoms. The van der Waals surface area contributed by atoms with Crippen molar-refractivity contribution in [2.45, 2.75) is 13.8 Å². The predicted octanol–water partition coefficient (Wildman–Crippen LogP) is 3.67. The zero-order chi connectivity index (χ0) is 10.8. The zero-order valence-corrected chi connectivity index (χ0v) is 9.21. The lowest BCUT2D eigenvalue weighted by atomic mass is 10.0. The van der Waals surface area contributed by atoms with E-state index in [9.17, 15) is 0 Å². The van der Waals surface area contributed by atoms with Crippen LogP contribution in [-0.4, -0.2) is 6.61 Å². The Bertz CT molecular complexity index is 486. The molecule has 1 nitrogen and oxygen atoms in total. The second kappa shape index (κ2) is 3.93. The molecule has 0 aliphatic carbocycles. The SMILES string of the molecule is [CH2]COc1cc(C)c(C)c2ccccc12. The Balaban J connectivity index is 2.76. The molecule has 0 aromatic heterocycles. The van der Waals surface area contributed by atoms with E-state index in [4.69, 9.17) is 4.74 Å². The Hall–Kier alpha value is -1.50. The molecule has 0 atom stereocenters. The average Bonchev–Trinajstić information content (AvgIpc) is 2.26. The van der Waals surface area contributed by atoms with Crippen molar-refractivity contribution in [2.75, 3.05) is 6.61 Å². The molecule has 1 heteroatoms. The first-order valence-electron chi connectivity index (χ1n) is 5.15. The van der Waals surface area contributed by atoms with Crippen LogP contribution in [0.2, 0.25) is 0 Å². The lowest BCUT2D eigenvalue weighted by Crippen LogP contribution is -1.95. The molecule has 0 unspecified atom stereocenters. The van der Waals surface area contributed by atoms with E-state index in [1.54, 1.807) is 0 Å². The predicted molar refractivity (Wildman–Crippen MR) is 64.3 cm³/mol. The van der Waals surface area contributed by atoms with Crippen LogP contribution in [-0.2, 0) is 0 Å². The molecule has 2 aromatic rings. The molecule has 77 valence electrons. The van der Waals surface area contributed by atoms with Crippen LogP contribution in [0, 0.1) is 20.8 Å². The van der Waals surface area contributed by atoms with Gasteiger partial charge < -0.3 is 4.74 Å². The van der Waals surface area contributed by atoms with Gasteiger partial charge in [-0.15, -0.1) is 0 Å². The fourth-order valence-corrected chi connectivity index (χ4v) is 1.85. The van der Waals surface area contributed by atoms with Crippen molar-refractivity contribution in [1.29, 1.82) is 0 Å². The standard InChI is InChI=1S/C14H15O/c1-4-15-14-9-10(2)11(3)12-7-5-6-8-13(12)14/h5-9H,1,4H2,2-3H3. The summed E-state index contributed by atoms with van der Waals surface area (Å²) in [7, 11) is 0. The molecule has 0 N–H and O–H groups in total. The van der Waals surface area contributed by atoms with Crippen LogP contribution in [0.25, 0.3) is 10.8 Å². The molecular formula is C14H15O. The van der Waals surface area contributed by atoms with E-state index >= 15 is 0 Å². The van der Waals surface area contributed by atoms with Crippen molar-refractivity contribution < 1.29 is 4.74 Å². The Morgan fingerprint density at radius 1 is 1.13 bits per heavy atom. The molecule has 0 saturated carbocycles. The third kappa shape index (κ3) is 1.70. The molecule has 0 bridgehead atoms. The minimum absolute atomic E-state index is 0.465. The second-order valence-electron chi connectivity index (χ2n) is 3.71. The number of hydrogen-bond donors (Lipinski definition) is 0. The topological polar surface area (TPSA) is 9.23 Å². The third-order valence-electron chi connectivity index (χ3n) is 2.79. The number of rotatable bonds is 2. The number of aryl methyl sites for hydroxylation is 2. The number of fused-ring (bicyclic) bond motifs is 1. The van der Waals surface area contributed by atoms with Crippen molar-refractivity contribution in [2.24, 2.45) is 0 Å². The first-order chi connectivity index (χ1) is 7.24. The van der Waals surface area contributed by atoms with Crippen molar-refractivity contribution >= 4 is 10.8 Å². The first kappa shape index (κ1) is 10.0. The van der Waals surface area contributed by atoms with Gasteiger partial charge >= 0.3 is 0 Å². The van der Waals surface area contributed by atoms with Gasteiger partial charge in [-0.25, -0.2) is 0 Å². The van der Waals surface area contributed by atoms with E-state index in [0.717, 1.165) is 5.75 Å². The molecule has 2 aromatic carbocycles. The second-order valence-corrected chi connectivity index (χ2v) is 3.71. The summed E-state index contributed by atoms with van der Waals surface area (Å²) in [4.78, 5) is 0. The lowest BCUT2D eigenvalue weighted by Gasteiger charge is -2.11. The Morgan fingerprint density at radius 2 is 1.80 bits per heavy atom. The monoisotopic (exact) mass is 199 g/mol. The highest BCUT2D eigenvalue weighted by molar-refractivity contribution is 5.91. The van der Waals surface area contributed by atoms with Crippen molar-refractivity contribution in [1.82, 2.24) is 0 Å².